The van der Waals surface area contributed by atoms with Crippen LogP contribution in [-0.4, -0.2) is 54.0 Å². The van der Waals surface area contributed by atoms with Crippen LogP contribution in [-0.2, 0) is 16.0 Å². The molecule has 0 aliphatic carbocycles. The number of carbonyl (C=O) groups excluding carboxylic acids is 1. The van der Waals surface area contributed by atoms with Crippen molar-refractivity contribution < 1.29 is 19.0 Å². The summed E-state index contributed by atoms with van der Waals surface area (Å²) in [4.78, 5) is 19.8. The Balaban J connectivity index is 1.47. The minimum Gasteiger partial charge on any atom is -0.493 e. The Morgan fingerprint density at radius 2 is 1.80 bits per heavy atom. The molecule has 0 radical (unpaired) electrons. The molecule has 4 heterocycles. The molecule has 9 heteroatoms. The standard InChI is InChI=1S/C36H33ClN4O4/c1-23-28(21-33(42)43-2)35-27-14-15-31-36(34(27)37)40(17-19-45-31)16-7-3-4-8-18-44-30-13-6-5-12-26(30)24-10-9-11-25(20-24)29-22-32(38-23)41(35)39-29/h3,5-7,9-15,20,22H,4,8,16-19,21H2,1-2H3/b7-3-. The number of hydrogen-bond donors (Lipinski definition) is 0. The van der Waals surface area contributed by atoms with E-state index in [2.05, 4.69) is 35.3 Å². The van der Waals surface area contributed by atoms with Crippen LogP contribution in [0.4, 0.5) is 5.69 Å². The van der Waals surface area contributed by atoms with Gasteiger partial charge in [0.1, 0.15) is 18.1 Å². The van der Waals surface area contributed by atoms with Gasteiger partial charge in [0.15, 0.2) is 5.65 Å². The van der Waals surface area contributed by atoms with Gasteiger partial charge in [-0.25, -0.2) is 9.50 Å². The summed E-state index contributed by atoms with van der Waals surface area (Å²) in [6, 6.07) is 22.3. The third-order valence-electron chi connectivity index (χ3n) is 8.35. The fourth-order valence-electron chi connectivity index (χ4n) is 6.08. The Labute approximate surface area is 266 Å². The number of benzene rings is 3. The van der Waals surface area contributed by atoms with Gasteiger partial charge in [0.05, 0.1) is 48.8 Å². The largest absolute Gasteiger partial charge is 0.493 e. The van der Waals surface area contributed by atoms with E-state index in [-0.39, 0.29) is 12.4 Å². The van der Waals surface area contributed by atoms with E-state index in [0.717, 1.165) is 58.0 Å². The van der Waals surface area contributed by atoms with Crippen molar-refractivity contribution in [3.05, 3.63) is 95.2 Å². The molecule has 5 aromatic rings. The van der Waals surface area contributed by atoms with Gasteiger partial charge in [0.25, 0.3) is 0 Å². The molecular formula is C36H33ClN4O4. The molecule has 3 aromatic carbocycles. The summed E-state index contributed by atoms with van der Waals surface area (Å²) in [7, 11) is 1.39. The fourth-order valence-corrected chi connectivity index (χ4v) is 6.45. The van der Waals surface area contributed by atoms with Crippen LogP contribution in [0.15, 0.2) is 78.9 Å². The van der Waals surface area contributed by atoms with Crippen LogP contribution < -0.4 is 14.4 Å². The number of aryl methyl sites for hydroxylation is 1. The molecule has 0 atom stereocenters. The van der Waals surface area contributed by atoms with Gasteiger partial charge in [0.2, 0.25) is 0 Å². The maximum Gasteiger partial charge on any atom is 0.310 e. The highest BCUT2D eigenvalue weighted by molar-refractivity contribution is 6.36. The monoisotopic (exact) mass is 620 g/mol. The second-order valence-corrected chi connectivity index (χ2v) is 11.6. The number of esters is 1. The third kappa shape index (κ3) is 5.51. The summed E-state index contributed by atoms with van der Waals surface area (Å²) in [6.07, 6.45) is 6.19. The molecule has 228 valence electrons. The smallest absolute Gasteiger partial charge is 0.310 e. The first kappa shape index (κ1) is 28.9. The molecule has 2 aliphatic heterocycles. The van der Waals surface area contributed by atoms with Crippen LogP contribution in [0.5, 0.6) is 11.5 Å². The van der Waals surface area contributed by atoms with E-state index in [0.29, 0.717) is 53.9 Å². The highest BCUT2D eigenvalue weighted by atomic mass is 35.5. The molecule has 2 aliphatic rings. The van der Waals surface area contributed by atoms with Crippen molar-refractivity contribution in [1.29, 1.82) is 0 Å². The van der Waals surface area contributed by atoms with Gasteiger partial charge in [-0.2, -0.15) is 5.10 Å². The lowest BCUT2D eigenvalue weighted by Crippen LogP contribution is -2.33. The van der Waals surface area contributed by atoms with Crippen molar-refractivity contribution in [2.24, 2.45) is 0 Å². The summed E-state index contributed by atoms with van der Waals surface area (Å²) >= 11 is 7.29. The molecule has 6 bridgehead atoms. The number of para-hydroxylation sites is 1. The van der Waals surface area contributed by atoms with E-state index in [1.54, 1.807) is 4.52 Å². The minimum absolute atomic E-state index is 0.0262. The van der Waals surface area contributed by atoms with Crippen LogP contribution in [0, 0.1) is 6.92 Å². The average molecular weight is 621 g/mol. The van der Waals surface area contributed by atoms with Gasteiger partial charge >= 0.3 is 5.97 Å². The van der Waals surface area contributed by atoms with Crippen LogP contribution in [0.25, 0.3) is 39.3 Å². The number of nitrogens with zero attached hydrogens (tertiary/aromatic N) is 4. The minimum atomic E-state index is -0.368. The van der Waals surface area contributed by atoms with E-state index in [9.17, 15) is 4.79 Å². The predicted octanol–water partition coefficient (Wildman–Crippen LogP) is 7.34. The summed E-state index contributed by atoms with van der Waals surface area (Å²) < 4.78 is 19.2. The van der Waals surface area contributed by atoms with Crippen molar-refractivity contribution in [2.45, 2.75) is 26.2 Å². The topological polar surface area (TPSA) is 78.2 Å². The van der Waals surface area contributed by atoms with Gasteiger partial charge in [0, 0.05) is 40.6 Å². The summed E-state index contributed by atoms with van der Waals surface area (Å²) in [5, 5.41) is 5.61. The second kappa shape index (κ2) is 12.3. The number of methoxy groups -OCH3 is 1. The molecule has 2 aromatic heterocycles. The molecular weight excluding hydrogens is 588 g/mol. The Bertz CT molecular complexity index is 1950. The van der Waals surface area contributed by atoms with Gasteiger partial charge < -0.3 is 19.1 Å². The van der Waals surface area contributed by atoms with Gasteiger partial charge in [-0.05, 0) is 49.6 Å². The molecule has 0 amide bonds. The first-order valence-corrected chi connectivity index (χ1v) is 15.5. The van der Waals surface area contributed by atoms with Crippen molar-refractivity contribution in [3.8, 4) is 45.1 Å². The van der Waals surface area contributed by atoms with E-state index < -0.39 is 0 Å². The molecule has 0 spiro atoms. The Morgan fingerprint density at radius 1 is 0.956 bits per heavy atom. The van der Waals surface area contributed by atoms with Crippen LogP contribution in [0.1, 0.15) is 24.1 Å². The summed E-state index contributed by atoms with van der Waals surface area (Å²) in [5.41, 5.74) is 8.06. The first-order chi connectivity index (χ1) is 22.0. The number of ether oxygens (including phenoxy) is 3. The SMILES string of the molecule is COC(=O)Cc1c(C)nc2cc3nn2c1-c1ccc2c(c1Cl)N(C/C=C\CCCOc1ccccc1-c1cccc-3c1)CCO2. The fraction of sp³-hybridized carbons (Fsp3) is 0.250. The number of anilines is 1. The molecule has 0 saturated heterocycles. The third-order valence-corrected chi connectivity index (χ3v) is 8.73. The lowest BCUT2D eigenvalue weighted by molar-refractivity contribution is -0.139. The zero-order chi connectivity index (χ0) is 30.9. The summed E-state index contributed by atoms with van der Waals surface area (Å²) in [5.74, 6) is 1.21. The van der Waals surface area contributed by atoms with Crippen LogP contribution in [0.2, 0.25) is 5.02 Å². The summed E-state index contributed by atoms with van der Waals surface area (Å²) in [6.45, 7) is 4.47. The van der Waals surface area contributed by atoms with Crippen molar-refractivity contribution in [2.75, 3.05) is 38.3 Å². The molecule has 8 nitrogen and oxygen atoms in total. The van der Waals surface area contributed by atoms with E-state index >= 15 is 0 Å². The second-order valence-electron chi connectivity index (χ2n) is 11.2. The number of hydrogen-bond acceptors (Lipinski definition) is 7. The number of aromatic nitrogens is 3. The highest BCUT2D eigenvalue weighted by Crippen LogP contribution is 2.45. The van der Waals surface area contributed by atoms with Crippen molar-refractivity contribution in [1.82, 2.24) is 14.6 Å². The number of carbonyl (C=O) groups is 1. The number of allylic oxidation sites excluding steroid dienone is 1. The number of rotatable bonds is 2. The van der Waals surface area contributed by atoms with Gasteiger partial charge in [-0.1, -0.05) is 60.2 Å². The van der Waals surface area contributed by atoms with E-state index in [4.69, 9.17) is 35.9 Å². The van der Waals surface area contributed by atoms with E-state index in [1.165, 1.54) is 7.11 Å². The Kier molecular flexibility index (Phi) is 7.90. The zero-order valence-electron chi connectivity index (χ0n) is 25.3. The van der Waals surface area contributed by atoms with Crippen molar-refractivity contribution in [3.63, 3.8) is 0 Å². The predicted molar refractivity (Wildman–Crippen MR) is 176 cm³/mol. The average Bonchev–Trinajstić information content (AvgIpc) is 3.48. The lowest BCUT2D eigenvalue weighted by Gasteiger charge is -2.32. The van der Waals surface area contributed by atoms with Crippen LogP contribution in [0.3, 0.4) is 0 Å². The molecule has 45 heavy (non-hydrogen) atoms. The molecule has 0 unspecified atom stereocenters. The molecule has 7 rings (SSSR count). The maximum atomic E-state index is 12.7. The maximum absolute atomic E-state index is 12.7. The zero-order valence-corrected chi connectivity index (χ0v) is 26.0. The van der Waals surface area contributed by atoms with E-state index in [1.807, 2.05) is 55.5 Å². The number of fused-ring (bicyclic) bond motifs is 8. The normalized spacial score (nSPS) is 15.1. The highest BCUT2D eigenvalue weighted by Gasteiger charge is 2.27. The number of halogens is 1. The lowest BCUT2D eigenvalue weighted by atomic mass is 10.00. The molecule has 0 saturated carbocycles. The van der Waals surface area contributed by atoms with Crippen molar-refractivity contribution >= 4 is 28.9 Å². The van der Waals surface area contributed by atoms with Gasteiger partial charge in [-0.3, -0.25) is 4.79 Å². The van der Waals surface area contributed by atoms with Gasteiger partial charge in [-0.15, -0.1) is 0 Å². The Hall–Kier alpha value is -4.82. The molecule has 0 fully saturated rings. The quantitative estimate of drug-likeness (QED) is 0.151. The van der Waals surface area contributed by atoms with Crippen LogP contribution >= 0.6 is 11.6 Å². The first-order valence-electron chi connectivity index (χ1n) is 15.2. The Morgan fingerprint density at radius 3 is 2.69 bits per heavy atom. The molecule has 0 N–H and O–H groups in total.